The fourth-order valence-corrected chi connectivity index (χ4v) is 2.17. The molecule has 94 valence electrons. The SMILES string of the molecule is C[C@@H]1CCCCN1c1cc(OCCN)ncn1. The van der Waals surface area contributed by atoms with Crippen molar-refractivity contribution in [3.63, 3.8) is 0 Å². The molecule has 5 heteroatoms. The molecule has 1 atom stereocenters. The summed E-state index contributed by atoms with van der Waals surface area (Å²) in [6.07, 6.45) is 5.32. The highest BCUT2D eigenvalue weighted by Gasteiger charge is 2.19. The van der Waals surface area contributed by atoms with E-state index < -0.39 is 0 Å². The molecule has 0 unspecified atom stereocenters. The highest BCUT2D eigenvalue weighted by atomic mass is 16.5. The van der Waals surface area contributed by atoms with Crippen molar-refractivity contribution in [2.75, 3.05) is 24.6 Å². The van der Waals surface area contributed by atoms with Gasteiger partial charge >= 0.3 is 0 Å². The Morgan fingerprint density at radius 2 is 2.35 bits per heavy atom. The van der Waals surface area contributed by atoms with Crippen LogP contribution in [0.25, 0.3) is 0 Å². The van der Waals surface area contributed by atoms with Crippen LogP contribution in [-0.4, -0.2) is 35.7 Å². The maximum absolute atomic E-state index is 5.42. The molecule has 0 radical (unpaired) electrons. The monoisotopic (exact) mass is 236 g/mol. The summed E-state index contributed by atoms with van der Waals surface area (Å²) in [6, 6.07) is 2.44. The van der Waals surface area contributed by atoms with Crippen LogP contribution in [0, 0.1) is 0 Å². The predicted octanol–water partition coefficient (Wildman–Crippen LogP) is 1.19. The summed E-state index contributed by atoms with van der Waals surface area (Å²) in [5, 5.41) is 0. The molecule has 1 aromatic rings. The van der Waals surface area contributed by atoms with E-state index in [1.807, 2.05) is 6.07 Å². The lowest BCUT2D eigenvalue weighted by atomic mass is 10.0. The summed E-state index contributed by atoms with van der Waals surface area (Å²) in [6.45, 7) is 4.29. The van der Waals surface area contributed by atoms with E-state index in [-0.39, 0.29) is 0 Å². The van der Waals surface area contributed by atoms with Crippen molar-refractivity contribution in [1.29, 1.82) is 0 Å². The van der Waals surface area contributed by atoms with Gasteiger partial charge in [0.15, 0.2) is 0 Å². The fraction of sp³-hybridized carbons (Fsp3) is 0.667. The number of hydrogen-bond acceptors (Lipinski definition) is 5. The third-order valence-electron chi connectivity index (χ3n) is 3.09. The molecule has 1 aromatic heterocycles. The normalized spacial score (nSPS) is 20.4. The predicted molar refractivity (Wildman–Crippen MR) is 67.2 cm³/mol. The molecule has 1 aliphatic rings. The van der Waals surface area contributed by atoms with Gasteiger partial charge in [-0.1, -0.05) is 0 Å². The van der Waals surface area contributed by atoms with Crippen LogP contribution in [0.3, 0.4) is 0 Å². The number of anilines is 1. The largest absolute Gasteiger partial charge is 0.476 e. The Hall–Kier alpha value is -1.36. The van der Waals surface area contributed by atoms with Crippen molar-refractivity contribution in [3.8, 4) is 5.88 Å². The lowest BCUT2D eigenvalue weighted by Gasteiger charge is -2.34. The van der Waals surface area contributed by atoms with Gasteiger partial charge in [0.25, 0.3) is 0 Å². The van der Waals surface area contributed by atoms with Gasteiger partial charge in [0.2, 0.25) is 5.88 Å². The van der Waals surface area contributed by atoms with Gasteiger partial charge in [-0.25, -0.2) is 9.97 Å². The average Bonchev–Trinajstić information content (AvgIpc) is 2.37. The smallest absolute Gasteiger partial charge is 0.218 e. The second-order valence-electron chi connectivity index (χ2n) is 4.39. The molecule has 1 saturated heterocycles. The zero-order valence-electron chi connectivity index (χ0n) is 10.3. The van der Waals surface area contributed by atoms with Crippen LogP contribution in [0.15, 0.2) is 12.4 Å². The van der Waals surface area contributed by atoms with E-state index in [0.717, 1.165) is 12.4 Å². The third-order valence-corrected chi connectivity index (χ3v) is 3.09. The Kier molecular flexibility index (Phi) is 4.14. The van der Waals surface area contributed by atoms with Crippen molar-refractivity contribution in [2.45, 2.75) is 32.2 Å². The Balaban J connectivity index is 2.08. The summed E-state index contributed by atoms with van der Waals surface area (Å²) in [5.74, 6) is 1.57. The number of aromatic nitrogens is 2. The molecule has 0 aliphatic carbocycles. The highest BCUT2D eigenvalue weighted by Crippen LogP contribution is 2.24. The minimum absolute atomic E-state index is 0.492. The van der Waals surface area contributed by atoms with Gasteiger partial charge in [0.1, 0.15) is 18.8 Å². The van der Waals surface area contributed by atoms with E-state index in [0.29, 0.717) is 25.1 Å². The first kappa shape index (κ1) is 12.1. The number of hydrogen-bond donors (Lipinski definition) is 1. The van der Waals surface area contributed by atoms with E-state index in [1.165, 1.54) is 19.3 Å². The molecule has 1 aliphatic heterocycles. The molecule has 0 saturated carbocycles. The van der Waals surface area contributed by atoms with E-state index in [9.17, 15) is 0 Å². The lowest BCUT2D eigenvalue weighted by Crippen LogP contribution is -2.38. The van der Waals surface area contributed by atoms with Crippen molar-refractivity contribution < 1.29 is 4.74 Å². The zero-order chi connectivity index (χ0) is 12.1. The van der Waals surface area contributed by atoms with Gasteiger partial charge in [-0.2, -0.15) is 0 Å². The Bertz CT molecular complexity index is 358. The molecule has 0 bridgehead atoms. The quantitative estimate of drug-likeness (QED) is 0.850. The summed E-state index contributed by atoms with van der Waals surface area (Å²) in [7, 11) is 0. The van der Waals surface area contributed by atoms with Crippen molar-refractivity contribution >= 4 is 5.82 Å². The molecule has 0 spiro atoms. The summed E-state index contributed by atoms with van der Waals surface area (Å²) in [5.41, 5.74) is 5.40. The van der Waals surface area contributed by atoms with E-state index in [2.05, 4.69) is 21.8 Å². The van der Waals surface area contributed by atoms with Crippen molar-refractivity contribution in [3.05, 3.63) is 12.4 Å². The molecule has 0 aromatic carbocycles. The molecule has 17 heavy (non-hydrogen) atoms. The Morgan fingerprint density at radius 3 is 3.12 bits per heavy atom. The van der Waals surface area contributed by atoms with Gasteiger partial charge < -0.3 is 15.4 Å². The van der Waals surface area contributed by atoms with Gasteiger partial charge in [0, 0.05) is 25.2 Å². The second-order valence-corrected chi connectivity index (χ2v) is 4.39. The second kappa shape index (κ2) is 5.82. The number of nitrogens with two attached hydrogens (primary N) is 1. The van der Waals surface area contributed by atoms with E-state index in [4.69, 9.17) is 10.5 Å². The maximum atomic E-state index is 5.42. The lowest BCUT2D eigenvalue weighted by molar-refractivity contribution is 0.314. The van der Waals surface area contributed by atoms with Crippen molar-refractivity contribution in [1.82, 2.24) is 9.97 Å². The summed E-state index contributed by atoms with van der Waals surface area (Å²) >= 11 is 0. The zero-order valence-corrected chi connectivity index (χ0v) is 10.3. The summed E-state index contributed by atoms with van der Waals surface area (Å²) in [4.78, 5) is 10.7. The van der Waals surface area contributed by atoms with Gasteiger partial charge in [-0.3, -0.25) is 0 Å². The molecular weight excluding hydrogens is 216 g/mol. The Morgan fingerprint density at radius 1 is 1.47 bits per heavy atom. The van der Waals surface area contributed by atoms with Gasteiger partial charge in [0.05, 0.1) is 0 Å². The number of rotatable bonds is 4. The van der Waals surface area contributed by atoms with Gasteiger partial charge in [-0.15, -0.1) is 0 Å². The molecular formula is C12H20N4O. The minimum Gasteiger partial charge on any atom is -0.476 e. The molecule has 5 nitrogen and oxygen atoms in total. The van der Waals surface area contributed by atoms with Crippen LogP contribution < -0.4 is 15.4 Å². The first-order valence-electron chi connectivity index (χ1n) is 6.23. The standard InChI is InChI=1S/C12H20N4O/c1-10-4-2-3-6-16(10)11-8-12(15-9-14-11)17-7-5-13/h8-10H,2-7,13H2,1H3/t10-/m1/s1. The number of nitrogens with zero attached hydrogens (tertiary/aromatic N) is 3. The molecule has 2 rings (SSSR count). The fourth-order valence-electron chi connectivity index (χ4n) is 2.17. The molecule has 1 fully saturated rings. The molecule has 2 heterocycles. The summed E-state index contributed by atoms with van der Waals surface area (Å²) < 4.78 is 5.42. The molecule has 0 amide bonds. The first-order valence-corrected chi connectivity index (χ1v) is 6.23. The van der Waals surface area contributed by atoms with Crippen LogP contribution in [0.2, 0.25) is 0 Å². The number of ether oxygens (including phenoxy) is 1. The topological polar surface area (TPSA) is 64.3 Å². The molecule has 2 N–H and O–H groups in total. The van der Waals surface area contributed by atoms with Crippen LogP contribution in [0.1, 0.15) is 26.2 Å². The maximum Gasteiger partial charge on any atom is 0.218 e. The van der Waals surface area contributed by atoms with Crippen LogP contribution in [0.5, 0.6) is 5.88 Å². The number of piperidine rings is 1. The highest BCUT2D eigenvalue weighted by molar-refractivity contribution is 5.42. The van der Waals surface area contributed by atoms with Crippen LogP contribution in [-0.2, 0) is 0 Å². The third kappa shape index (κ3) is 3.06. The van der Waals surface area contributed by atoms with Gasteiger partial charge in [-0.05, 0) is 26.2 Å². The first-order chi connectivity index (χ1) is 8.31. The van der Waals surface area contributed by atoms with E-state index in [1.54, 1.807) is 6.33 Å². The average molecular weight is 236 g/mol. The Labute approximate surface area is 102 Å². The van der Waals surface area contributed by atoms with Crippen molar-refractivity contribution in [2.24, 2.45) is 5.73 Å². The van der Waals surface area contributed by atoms with Crippen LogP contribution in [0.4, 0.5) is 5.82 Å². The van der Waals surface area contributed by atoms with E-state index >= 15 is 0 Å². The van der Waals surface area contributed by atoms with Crippen LogP contribution >= 0.6 is 0 Å². The minimum atomic E-state index is 0.492.